The first-order valence-electron chi connectivity index (χ1n) is 5.48. The number of nitrogens with one attached hydrogen (secondary N) is 1. The summed E-state index contributed by atoms with van der Waals surface area (Å²) in [6, 6.07) is 6.87. The lowest BCUT2D eigenvalue weighted by Gasteiger charge is -2.08. The highest BCUT2D eigenvalue weighted by molar-refractivity contribution is 6.35. The minimum absolute atomic E-state index is 0.0116. The van der Waals surface area contributed by atoms with Gasteiger partial charge < -0.3 is 10.1 Å². The fraction of sp³-hybridized carbons (Fsp3) is 0.0769. The van der Waals surface area contributed by atoms with Crippen LogP contribution < -0.4 is 10.1 Å². The number of aromatic nitrogens is 1. The smallest absolute Gasteiger partial charge is 0.275 e. The van der Waals surface area contributed by atoms with Gasteiger partial charge >= 0.3 is 0 Å². The Morgan fingerprint density at radius 3 is 2.75 bits per heavy atom. The number of anilines is 1. The zero-order valence-electron chi connectivity index (χ0n) is 10.3. The Bertz CT molecular complexity index is 665. The van der Waals surface area contributed by atoms with Gasteiger partial charge in [-0.05, 0) is 24.3 Å². The number of pyridine rings is 1. The highest BCUT2D eigenvalue weighted by Crippen LogP contribution is 2.23. The van der Waals surface area contributed by atoms with Crippen LogP contribution in [0.25, 0.3) is 0 Å². The largest absolute Gasteiger partial charge is 0.494 e. The SMILES string of the molecule is COc1cc(NC(=O)c2nc(Cl)ccc2Cl)ccc1F. The normalized spacial score (nSPS) is 10.2. The second-order valence-electron chi connectivity index (χ2n) is 3.77. The molecule has 4 nitrogen and oxygen atoms in total. The summed E-state index contributed by atoms with van der Waals surface area (Å²) in [4.78, 5) is 15.9. The number of benzene rings is 1. The summed E-state index contributed by atoms with van der Waals surface area (Å²) in [7, 11) is 1.33. The Labute approximate surface area is 124 Å². The van der Waals surface area contributed by atoms with Crippen molar-refractivity contribution in [2.75, 3.05) is 12.4 Å². The Morgan fingerprint density at radius 2 is 2.05 bits per heavy atom. The quantitative estimate of drug-likeness (QED) is 0.877. The average Bonchev–Trinajstić information content (AvgIpc) is 2.43. The van der Waals surface area contributed by atoms with Crippen molar-refractivity contribution in [3.05, 3.63) is 52.0 Å². The van der Waals surface area contributed by atoms with E-state index in [-0.39, 0.29) is 21.6 Å². The van der Waals surface area contributed by atoms with Crippen LogP contribution >= 0.6 is 23.2 Å². The molecule has 1 aromatic carbocycles. The Morgan fingerprint density at radius 1 is 1.30 bits per heavy atom. The first-order chi connectivity index (χ1) is 9.51. The molecule has 0 fully saturated rings. The van der Waals surface area contributed by atoms with Crippen molar-refractivity contribution in [3.8, 4) is 5.75 Å². The molecule has 0 radical (unpaired) electrons. The van der Waals surface area contributed by atoms with Crippen molar-refractivity contribution in [2.45, 2.75) is 0 Å². The first-order valence-corrected chi connectivity index (χ1v) is 6.24. The minimum atomic E-state index is -0.550. The van der Waals surface area contributed by atoms with E-state index in [0.717, 1.165) is 0 Å². The van der Waals surface area contributed by atoms with E-state index in [1.165, 1.54) is 37.4 Å². The molecule has 1 aromatic heterocycles. The third-order valence-corrected chi connectivity index (χ3v) is 2.95. The van der Waals surface area contributed by atoms with Gasteiger partial charge in [0.1, 0.15) is 10.8 Å². The number of halogens is 3. The molecular formula is C13H9Cl2FN2O2. The van der Waals surface area contributed by atoms with Crippen molar-refractivity contribution in [1.29, 1.82) is 0 Å². The van der Waals surface area contributed by atoms with Crippen LogP contribution in [0.15, 0.2) is 30.3 Å². The van der Waals surface area contributed by atoms with Crippen LogP contribution in [0.1, 0.15) is 10.5 Å². The average molecular weight is 315 g/mol. The second kappa shape index (κ2) is 6.07. The van der Waals surface area contributed by atoms with Crippen molar-refractivity contribution >= 4 is 34.8 Å². The highest BCUT2D eigenvalue weighted by Gasteiger charge is 2.14. The number of hydrogen-bond donors (Lipinski definition) is 1. The van der Waals surface area contributed by atoms with E-state index in [4.69, 9.17) is 27.9 Å². The molecule has 0 aliphatic carbocycles. The molecule has 104 valence electrons. The molecule has 7 heteroatoms. The van der Waals surface area contributed by atoms with Crippen molar-refractivity contribution in [3.63, 3.8) is 0 Å². The molecule has 0 aliphatic heterocycles. The molecule has 0 unspecified atom stereocenters. The molecule has 0 saturated heterocycles. The molecule has 0 spiro atoms. The van der Waals surface area contributed by atoms with E-state index in [1.807, 2.05) is 0 Å². The number of rotatable bonds is 3. The molecule has 0 bridgehead atoms. The summed E-state index contributed by atoms with van der Waals surface area (Å²) in [5.41, 5.74) is 0.341. The molecule has 1 N–H and O–H groups in total. The fourth-order valence-corrected chi connectivity index (χ4v) is 1.84. The lowest BCUT2D eigenvalue weighted by Crippen LogP contribution is -2.14. The third-order valence-electron chi connectivity index (χ3n) is 2.44. The lowest BCUT2D eigenvalue weighted by molar-refractivity contribution is 0.102. The number of carbonyl (C=O) groups is 1. The van der Waals surface area contributed by atoms with Gasteiger partial charge in [0.15, 0.2) is 11.6 Å². The maximum absolute atomic E-state index is 13.3. The van der Waals surface area contributed by atoms with Crippen molar-refractivity contribution in [2.24, 2.45) is 0 Å². The van der Waals surface area contributed by atoms with E-state index in [2.05, 4.69) is 10.3 Å². The van der Waals surface area contributed by atoms with E-state index in [0.29, 0.717) is 5.69 Å². The molecule has 0 aliphatic rings. The van der Waals surface area contributed by atoms with Crippen LogP contribution in [-0.2, 0) is 0 Å². The summed E-state index contributed by atoms with van der Waals surface area (Å²) < 4.78 is 18.1. The predicted molar refractivity (Wildman–Crippen MR) is 75.2 cm³/mol. The lowest BCUT2D eigenvalue weighted by atomic mass is 10.2. The van der Waals surface area contributed by atoms with Gasteiger partial charge in [-0.25, -0.2) is 9.37 Å². The number of amides is 1. The highest BCUT2D eigenvalue weighted by atomic mass is 35.5. The van der Waals surface area contributed by atoms with Gasteiger partial charge in [0.2, 0.25) is 0 Å². The zero-order valence-corrected chi connectivity index (χ0v) is 11.8. The molecule has 1 amide bonds. The van der Waals surface area contributed by atoms with Gasteiger partial charge in [0.25, 0.3) is 5.91 Å². The Hall–Kier alpha value is -1.85. The molecule has 0 saturated carbocycles. The number of nitrogens with zero attached hydrogens (tertiary/aromatic N) is 1. The third kappa shape index (κ3) is 3.18. The summed E-state index contributed by atoms with van der Waals surface area (Å²) in [5.74, 6) is -1.05. The zero-order chi connectivity index (χ0) is 14.7. The molecule has 1 heterocycles. The summed E-state index contributed by atoms with van der Waals surface area (Å²) in [6.45, 7) is 0. The van der Waals surface area contributed by atoms with E-state index >= 15 is 0 Å². The number of ether oxygens (including phenoxy) is 1. The monoisotopic (exact) mass is 314 g/mol. The van der Waals surface area contributed by atoms with Crippen LogP contribution in [0, 0.1) is 5.82 Å². The molecular weight excluding hydrogens is 306 g/mol. The number of carbonyl (C=O) groups excluding carboxylic acids is 1. The first kappa shape index (κ1) is 14.6. The van der Waals surface area contributed by atoms with Crippen LogP contribution in [0.2, 0.25) is 10.2 Å². The topological polar surface area (TPSA) is 51.2 Å². The Kier molecular flexibility index (Phi) is 4.42. The Balaban J connectivity index is 2.25. The second-order valence-corrected chi connectivity index (χ2v) is 4.56. The van der Waals surface area contributed by atoms with Crippen molar-refractivity contribution in [1.82, 2.24) is 4.98 Å². The van der Waals surface area contributed by atoms with Gasteiger partial charge in [-0.15, -0.1) is 0 Å². The van der Waals surface area contributed by atoms with E-state index in [9.17, 15) is 9.18 Å². The fourth-order valence-electron chi connectivity index (χ4n) is 1.51. The van der Waals surface area contributed by atoms with Gasteiger partial charge in [0, 0.05) is 11.8 Å². The standard InChI is InChI=1S/C13H9Cl2FN2O2/c1-20-10-6-7(2-4-9(10)16)17-13(19)12-8(14)3-5-11(15)18-12/h2-6H,1H3,(H,17,19). The van der Waals surface area contributed by atoms with Crippen LogP contribution in [0.3, 0.4) is 0 Å². The van der Waals surface area contributed by atoms with E-state index < -0.39 is 11.7 Å². The molecule has 2 rings (SSSR count). The van der Waals surface area contributed by atoms with Crippen LogP contribution in [-0.4, -0.2) is 18.0 Å². The molecule has 20 heavy (non-hydrogen) atoms. The number of hydrogen-bond acceptors (Lipinski definition) is 3. The predicted octanol–water partition coefficient (Wildman–Crippen LogP) is 3.79. The maximum atomic E-state index is 13.3. The van der Waals surface area contributed by atoms with Gasteiger partial charge in [0.05, 0.1) is 12.1 Å². The van der Waals surface area contributed by atoms with E-state index in [1.54, 1.807) is 0 Å². The molecule has 0 atom stereocenters. The minimum Gasteiger partial charge on any atom is -0.494 e. The van der Waals surface area contributed by atoms with Crippen LogP contribution in [0.4, 0.5) is 10.1 Å². The number of methoxy groups -OCH3 is 1. The summed E-state index contributed by atoms with van der Waals surface area (Å²) in [6.07, 6.45) is 0. The van der Waals surface area contributed by atoms with Gasteiger partial charge in [-0.2, -0.15) is 0 Å². The van der Waals surface area contributed by atoms with Crippen LogP contribution in [0.5, 0.6) is 5.75 Å². The summed E-state index contributed by atoms with van der Waals surface area (Å²) in [5, 5.41) is 2.85. The maximum Gasteiger partial charge on any atom is 0.275 e. The van der Waals surface area contributed by atoms with Gasteiger partial charge in [-0.3, -0.25) is 4.79 Å². The van der Waals surface area contributed by atoms with Gasteiger partial charge in [-0.1, -0.05) is 23.2 Å². The summed E-state index contributed by atoms with van der Waals surface area (Å²) >= 11 is 11.6. The molecule has 2 aromatic rings. The van der Waals surface area contributed by atoms with Crippen molar-refractivity contribution < 1.29 is 13.9 Å².